The Balaban J connectivity index is 2.54. The lowest BCUT2D eigenvalue weighted by Crippen LogP contribution is -2.60. The van der Waals surface area contributed by atoms with E-state index >= 15 is 0 Å². The molecule has 1 aliphatic rings. The van der Waals surface area contributed by atoms with Crippen molar-refractivity contribution in [1.82, 2.24) is 5.32 Å². The smallest absolute Gasteiger partial charge is 0.220 e. The number of nitrogens with one attached hydrogen (secondary N) is 1. The fourth-order valence-electron chi connectivity index (χ4n) is 5.09. The van der Waals surface area contributed by atoms with Gasteiger partial charge in [0.25, 0.3) is 0 Å². The van der Waals surface area contributed by atoms with Crippen molar-refractivity contribution in [2.45, 2.75) is 172 Å². The fraction of sp³-hybridized carbons (Fsp3) is 0.906. The van der Waals surface area contributed by atoms with Crippen LogP contribution in [0, 0.1) is 0 Å². The Labute approximate surface area is 248 Å². The Bertz CT molecular complexity index is 662. The highest BCUT2D eigenvalue weighted by Gasteiger charge is 2.44. The van der Waals surface area contributed by atoms with E-state index in [9.17, 15) is 30.3 Å². The van der Waals surface area contributed by atoms with Crippen LogP contribution in [-0.2, 0) is 14.3 Å². The van der Waals surface area contributed by atoms with Crippen molar-refractivity contribution in [1.29, 1.82) is 0 Å². The summed E-state index contributed by atoms with van der Waals surface area (Å²) in [6.07, 6.45) is 15.2. The van der Waals surface area contributed by atoms with Crippen LogP contribution in [-0.4, -0.2) is 87.5 Å². The third kappa shape index (κ3) is 17.0. The monoisotopic (exact) mass is 587 g/mol. The molecule has 7 atom stereocenters. The zero-order chi connectivity index (χ0) is 30.3. The molecule has 0 saturated carbocycles. The van der Waals surface area contributed by atoms with Gasteiger partial charge in [-0.1, -0.05) is 96.6 Å². The Morgan fingerprint density at radius 2 is 1.37 bits per heavy atom. The Kier molecular flexibility index (Phi) is 22.6. The highest BCUT2D eigenvalue weighted by Crippen LogP contribution is 2.22. The van der Waals surface area contributed by atoms with Gasteiger partial charge in [0, 0.05) is 6.42 Å². The number of rotatable bonds is 25. The highest BCUT2D eigenvalue weighted by atomic mass is 16.7. The van der Waals surface area contributed by atoms with Crippen molar-refractivity contribution >= 4 is 5.91 Å². The molecule has 1 rings (SSSR count). The van der Waals surface area contributed by atoms with E-state index in [1.54, 1.807) is 0 Å². The van der Waals surface area contributed by atoms with E-state index < -0.39 is 49.5 Å². The molecule has 1 fully saturated rings. The van der Waals surface area contributed by atoms with Crippen molar-refractivity contribution in [2.24, 2.45) is 0 Å². The van der Waals surface area contributed by atoms with Crippen LogP contribution in [0.2, 0.25) is 0 Å². The van der Waals surface area contributed by atoms with Crippen LogP contribution in [0.5, 0.6) is 0 Å². The molecule has 0 radical (unpaired) electrons. The first kappa shape index (κ1) is 38.0. The zero-order valence-electron chi connectivity index (χ0n) is 25.8. The number of carbonyl (C=O) groups is 1. The molecule has 1 heterocycles. The van der Waals surface area contributed by atoms with Crippen molar-refractivity contribution in [3.05, 3.63) is 12.2 Å². The highest BCUT2D eigenvalue weighted by molar-refractivity contribution is 5.76. The van der Waals surface area contributed by atoms with Gasteiger partial charge in [-0.3, -0.25) is 4.79 Å². The van der Waals surface area contributed by atoms with Gasteiger partial charge in [-0.15, -0.1) is 0 Å². The second-order valence-corrected chi connectivity index (χ2v) is 11.6. The van der Waals surface area contributed by atoms with E-state index in [-0.39, 0.29) is 12.5 Å². The SMILES string of the molecule is CCCCC/C=C/CCCC[C@@H](O)[C@H](CO[C@@H]1O[C@H](CO)[C@@H](O)C(O)C1O)NC(=O)CCCCCCCCCCC. The van der Waals surface area contributed by atoms with Crippen molar-refractivity contribution < 1.29 is 39.8 Å². The summed E-state index contributed by atoms with van der Waals surface area (Å²) < 4.78 is 11.1. The van der Waals surface area contributed by atoms with Crippen LogP contribution in [0.4, 0.5) is 0 Å². The summed E-state index contributed by atoms with van der Waals surface area (Å²) in [6.45, 7) is 3.70. The molecule has 41 heavy (non-hydrogen) atoms. The molecule has 1 amide bonds. The molecule has 242 valence electrons. The molecule has 2 unspecified atom stereocenters. The molecule has 9 heteroatoms. The number of amides is 1. The molecule has 0 bridgehead atoms. The topological polar surface area (TPSA) is 149 Å². The van der Waals surface area contributed by atoms with E-state index in [0.29, 0.717) is 12.8 Å². The van der Waals surface area contributed by atoms with E-state index in [1.165, 1.54) is 57.8 Å². The Hall–Kier alpha value is -1.07. The minimum atomic E-state index is -1.55. The lowest BCUT2D eigenvalue weighted by molar-refractivity contribution is -0.302. The number of carbonyl (C=O) groups excluding carboxylic acids is 1. The van der Waals surface area contributed by atoms with Gasteiger partial charge in [-0.2, -0.15) is 0 Å². The fourth-order valence-corrected chi connectivity index (χ4v) is 5.09. The van der Waals surface area contributed by atoms with Crippen LogP contribution >= 0.6 is 0 Å². The molecule has 1 saturated heterocycles. The number of aliphatic hydroxyl groups is 5. The van der Waals surface area contributed by atoms with Gasteiger partial charge in [-0.05, 0) is 38.5 Å². The number of ether oxygens (including phenoxy) is 2. The minimum Gasteiger partial charge on any atom is -0.394 e. The summed E-state index contributed by atoms with van der Waals surface area (Å²) in [5, 5.41) is 53.6. The summed E-state index contributed by atoms with van der Waals surface area (Å²) in [5.41, 5.74) is 0. The number of hydrogen-bond acceptors (Lipinski definition) is 8. The van der Waals surface area contributed by atoms with Crippen LogP contribution in [0.15, 0.2) is 12.2 Å². The molecule has 6 N–H and O–H groups in total. The summed E-state index contributed by atoms with van der Waals surface area (Å²) in [7, 11) is 0. The van der Waals surface area contributed by atoms with Gasteiger partial charge in [0.05, 0.1) is 25.4 Å². The summed E-state index contributed by atoms with van der Waals surface area (Å²) in [5.74, 6) is -0.163. The van der Waals surface area contributed by atoms with Gasteiger partial charge < -0.3 is 40.3 Å². The third-order valence-corrected chi connectivity index (χ3v) is 7.87. The van der Waals surface area contributed by atoms with Crippen molar-refractivity contribution in [3.63, 3.8) is 0 Å². The minimum absolute atomic E-state index is 0.148. The molecule has 0 spiro atoms. The largest absolute Gasteiger partial charge is 0.394 e. The van der Waals surface area contributed by atoms with Crippen LogP contribution in [0.1, 0.15) is 129 Å². The quantitative estimate of drug-likeness (QED) is 0.0685. The zero-order valence-corrected chi connectivity index (χ0v) is 25.8. The van der Waals surface area contributed by atoms with E-state index in [0.717, 1.165) is 44.9 Å². The first-order chi connectivity index (χ1) is 19.8. The maximum atomic E-state index is 12.7. The third-order valence-electron chi connectivity index (χ3n) is 7.87. The molecule has 0 aromatic rings. The van der Waals surface area contributed by atoms with E-state index in [1.807, 2.05) is 0 Å². The first-order valence-corrected chi connectivity index (χ1v) is 16.4. The van der Waals surface area contributed by atoms with Crippen LogP contribution in [0.25, 0.3) is 0 Å². The van der Waals surface area contributed by atoms with Gasteiger partial charge >= 0.3 is 0 Å². The maximum absolute atomic E-state index is 12.7. The van der Waals surface area contributed by atoms with Gasteiger partial charge in [-0.25, -0.2) is 0 Å². The Morgan fingerprint density at radius 3 is 1.98 bits per heavy atom. The number of unbranched alkanes of at least 4 members (excludes halogenated alkanes) is 13. The maximum Gasteiger partial charge on any atom is 0.220 e. The first-order valence-electron chi connectivity index (χ1n) is 16.4. The van der Waals surface area contributed by atoms with Crippen molar-refractivity contribution in [3.8, 4) is 0 Å². The van der Waals surface area contributed by atoms with Crippen LogP contribution < -0.4 is 5.32 Å². The van der Waals surface area contributed by atoms with Gasteiger partial charge in [0.15, 0.2) is 6.29 Å². The lowest BCUT2D eigenvalue weighted by atomic mass is 9.99. The van der Waals surface area contributed by atoms with E-state index in [2.05, 4.69) is 31.3 Å². The molecular weight excluding hydrogens is 526 g/mol. The second kappa shape index (κ2) is 24.4. The molecule has 1 aliphatic heterocycles. The normalized spacial score (nSPS) is 24.5. The molecule has 0 aromatic carbocycles. The van der Waals surface area contributed by atoms with Crippen LogP contribution in [0.3, 0.4) is 0 Å². The predicted octanol–water partition coefficient (Wildman–Crippen LogP) is 4.27. The molecule has 0 aliphatic carbocycles. The average molecular weight is 588 g/mol. The second-order valence-electron chi connectivity index (χ2n) is 11.6. The number of hydrogen-bond donors (Lipinski definition) is 6. The number of aliphatic hydroxyl groups excluding tert-OH is 5. The van der Waals surface area contributed by atoms with E-state index in [4.69, 9.17) is 9.47 Å². The molecular formula is C32H61NO8. The average Bonchev–Trinajstić information content (AvgIpc) is 2.97. The lowest BCUT2D eigenvalue weighted by Gasteiger charge is -2.40. The molecule has 9 nitrogen and oxygen atoms in total. The van der Waals surface area contributed by atoms with Gasteiger partial charge in [0.2, 0.25) is 5.91 Å². The standard InChI is InChI=1S/C32H61NO8/c1-3-5-7-9-11-13-15-17-19-21-26(35)25(24-40-32-31(39)30(38)29(37)27(23-34)41-32)33-28(36)22-20-18-16-14-12-10-8-6-4-2/h11,13,25-27,29-32,34-35,37-39H,3-10,12,14-24H2,1-2H3,(H,33,36)/b13-11+/t25-,26+,27+,29+,30?,31?,32+/m0/s1. The number of allylic oxidation sites excluding steroid dienone is 2. The van der Waals surface area contributed by atoms with Gasteiger partial charge in [0.1, 0.15) is 24.4 Å². The Morgan fingerprint density at radius 1 is 0.805 bits per heavy atom. The predicted molar refractivity (Wildman–Crippen MR) is 161 cm³/mol. The summed E-state index contributed by atoms with van der Waals surface area (Å²) in [4.78, 5) is 12.7. The van der Waals surface area contributed by atoms with Crippen molar-refractivity contribution in [2.75, 3.05) is 13.2 Å². The summed E-state index contributed by atoms with van der Waals surface area (Å²) >= 11 is 0. The molecule has 0 aromatic heterocycles. The summed E-state index contributed by atoms with van der Waals surface area (Å²) in [6, 6.07) is -0.724.